The molecule has 0 aliphatic rings. The number of nitrogens with one attached hydrogen (secondary N) is 1. The van der Waals surface area contributed by atoms with Gasteiger partial charge in [-0.05, 0) is 95.9 Å². The molecular weight excluding hydrogens is 634 g/mol. The van der Waals surface area contributed by atoms with Gasteiger partial charge in [0.25, 0.3) is 0 Å². The molecule has 13 nitrogen and oxygen atoms in total. The van der Waals surface area contributed by atoms with Gasteiger partial charge in [-0.25, -0.2) is 4.79 Å². The number of anilines is 1. The number of ether oxygens (including phenoxy) is 1. The van der Waals surface area contributed by atoms with Crippen molar-refractivity contribution >= 4 is 49.5 Å². The molecule has 6 N–H and O–H groups in total. The molecule has 1 amide bonds. The summed E-state index contributed by atoms with van der Waals surface area (Å²) in [5, 5.41) is 12.4. The Labute approximate surface area is 264 Å². The lowest BCUT2D eigenvalue weighted by atomic mass is 10.1. The van der Waals surface area contributed by atoms with Crippen LogP contribution >= 0.6 is 26.8 Å². The van der Waals surface area contributed by atoms with Gasteiger partial charge in [0.15, 0.2) is 5.40 Å². The highest BCUT2D eigenvalue weighted by Gasteiger charge is 2.42. The Morgan fingerprint density at radius 3 is 2.32 bits per heavy atom. The van der Waals surface area contributed by atoms with E-state index in [1.807, 2.05) is 13.0 Å². The molecule has 16 heteroatoms. The van der Waals surface area contributed by atoms with E-state index in [1.165, 1.54) is 0 Å². The molecule has 2 atom stereocenters. The fourth-order valence-corrected chi connectivity index (χ4v) is 7.74. The predicted molar refractivity (Wildman–Crippen MR) is 172 cm³/mol. The van der Waals surface area contributed by atoms with Gasteiger partial charge in [0.05, 0.1) is 17.8 Å². The van der Waals surface area contributed by atoms with E-state index in [1.54, 1.807) is 29.3 Å². The maximum Gasteiger partial charge on any atom is 0.414 e. The van der Waals surface area contributed by atoms with E-state index >= 15 is 0 Å². The van der Waals surface area contributed by atoms with Crippen molar-refractivity contribution in [1.29, 1.82) is 0 Å². The van der Waals surface area contributed by atoms with Crippen molar-refractivity contribution in [2.24, 2.45) is 0 Å². The number of halogens is 1. The van der Waals surface area contributed by atoms with Gasteiger partial charge in [0.2, 0.25) is 0 Å². The first kappa shape index (κ1) is 38.6. The first-order valence-electron chi connectivity index (χ1n) is 14.9. The molecule has 44 heavy (non-hydrogen) atoms. The smallest absolute Gasteiger partial charge is 0.414 e. The van der Waals surface area contributed by atoms with E-state index in [9.17, 15) is 38.6 Å². The summed E-state index contributed by atoms with van der Waals surface area (Å²) in [6.45, 7) is 9.42. The van der Waals surface area contributed by atoms with Crippen molar-refractivity contribution < 1.29 is 43.3 Å². The number of aliphatic hydroxyl groups excluding tert-OH is 1. The maximum absolute atomic E-state index is 13.4. The summed E-state index contributed by atoms with van der Waals surface area (Å²) >= 11 is 6.17. The van der Waals surface area contributed by atoms with Crippen LogP contribution in [0.4, 0.5) is 10.5 Å². The Morgan fingerprint density at radius 1 is 1.00 bits per heavy atom. The quantitative estimate of drug-likeness (QED) is 0.0632. The molecule has 0 saturated heterocycles. The summed E-state index contributed by atoms with van der Waals surface area (Å²) < 4.78 is 28.4. The molecule has 250 valence electrons. The molecule has 2 unspecified atom stereocenters. The zero-order valence-electron chi connectivity index (χ0n) is 25.6. The molecular formula is C28H47ClN4O9P2. The Kier molecular flexibility index (Phi) is 16.2. The van der Waals surface area contributed by atoms with Crippen LogP contribution in [0.3, 0.4) is 0 Å². The van der Waals surface area contributed by atoms with Crippen molar-refractivity contribution in [3.05, 3.63) is 35.5 Å². The number of benzene rings is 1. The Bertz CT molecular complexity index is 1250. The van der Waals surface area contributed by atoms with Crippen LogP contribution in [-0.2, 0) is 13.9 Å². The van der Waals surface area contributed by atoms with Crippen molar-refractivity contribution in [3.63, 3.8) is 0 Å². The number of carbonyl (C=O) groups is 1. The van der Waals surface area contributed by atoms with Crippen molar-refractivity contribution in [1.82, 2.24) is 15.2 Å². The van der Waals surface area contributed by atoms with Crippen LogP contribution in [0.5, 0.6) is 0 Å². The van der Waals surface area contributed by atoms with Gasteiger partial charge >= 0.3 is 21.3 Å². The standard InChI is InChI=1S/C28H47ClN4O9P2/c1-4-32(5-2)18-8-10-21(3)33(25-15-17-30-24-20-22(29)13-14-23(24)25)28(35)42-19-9-11-26(34)31-16-7-6-12-27(43(36,37)38)44(39,40)41/h13-15,17,20-21,26-27,31,34H,4-12,16,18-19H2,1-3H3,(H2,36,37,38)(H2,39,40,41). The maximum atomic E-state index is 13.4. The van der Waals surface area contributed by atoms with Crippen LogP contribution in [0.1, 0.15) is 65.7 Å². The topological polar surface area (TPSA) is 193 Å². The summed E-state index contributed by atoms with van der Waals surface area (Å²) in [7, 11) is -9.88. The van der Waals surface area contributed by atoms with Crippen LogP contribution in [0, 0.1) is 0 Å². The molecule has 0 radical (unpaired) electrons. The molecule has 0 bridgehead atoms. The summed E-state index contributed by atoms with van der Waals surface area (Å²) in [6.07, 6.45) is 2.67. The minimum atomic E-state index is -4.94. The van der Waals surface area contributed by atoms with Crippen LogP contribution in [0.2, 0.25) is 5.02 Å². The lowest BCUT2D eigenvalue weighted by Crippen LogP contribution is -2.40. The van der Waals surface area contributed by atoms with E-state index < -0.39 is 32.9 Å². The number of hydrogen-bond acceptors (Lipinski definition) is 8. The van der Waals surface area contributed by atoms with Crippen LogP contribution in [0.25, 0.3) is 10.9 Å². The second-order valence-electron chi connectivity index (χ2n) is 10.8. The highest BCUT2D eigenvalue weighted by molar-refractivity contribution is 7.70. The van der Waals surface area contributed by atoms with Gasteiger partial charge in [0, 0.05) is 22.6 Å². The minimum Gasteiger partial charge on any atom is -0.449 e. The number of rotatable bonds is 20. The minimum absolute atomic E-state index is 0.0708. The third-order valence-corrected chi connectivity index (χ3v) is 11.6. The second kappa shape index (κ2) is 18.5. The average Bonchev–Trinajstić information content (AvgIpc) is 2.94. The Balaban J connectivity index is 1.92. The van der Waals surface area contributed by atoms with Gasteiger partial charge < -0.3 is 34.3 Å². The molecule has 2 rings (SSSR count). The van der Waals surface area contributed by atoms with E-state index in [4.69, 9.17) is 16.3 Å². The predicted octanol–water partition coefficient (Wildman–Crippen LogP) is 4.88. The number of hydrogen-bond donors (Lipinski definition) is 6. The van der Waals surface area contributed by atoms with E-state index in [-0.39, 0.29) is 38.5 Å². The van der Waals surface area contributed by atoms with Crippen LogP contribution < -0.4 is 10.2 Å². The summed E-state index contributed by atoms with van der Waals surface area (Å²) in [4.78, 5) is 58.6. The highest BCUT2D eigenvalue weighted by atomic mass is 35.5. The SMILES string of the molecule is CCN(CC)CCCC(C)N(C(=O)OCCCC(O)NCCCCC(P(=O)(O)O)P(=O)(O)O)c1ccnc2cc(Cl)ccc12. The fourth-order valence-electron chi connectivity index (χ4n) is 4.97. The Hall–Kier alpha value is -1.63. The molecule has 1 aromatic carbocycles. The molecule has 2 aromatic rings. The van der Waals surface area contributed by atoms with Gasteiger partial charge in [-0.3, -0.25) is 24.3 Å². The van der Waals surface area contributed by atoms with Gasteiger partial charge in [0.1, 0.15) is 6.23 Å². The van der Waals surface area contributed by atoms with E-state index in [0.717, 1.165) is 37.9 Å². The number of carbonyl (C=O) groups excluding carboxylic acids is 1. The first-order valence-corrected chi connectivity index (χ1v) is 18.7. The number of pyridine rings is 1. The fraction of sp³-hybridized carbons (Fsp3) is 0.643. The van der Waals surface area contributed by atoms with Crippen molar-refractivity contribution in [2.75, 3.05) is 37.7 Å². The molecule has 0 aliphatic carbocycles. The third-order valence-electron chi connectivity index (χ3n) is 7.46. The normalized spacial score (nSPS) is 13.9. The van der Waals surface area contributed by atoms with Crippen LogP contribution in [0.15, 0.2) is 30.5 Å². The molecule has 0 aliphatic heterocycles. The van der Waals surface area contributed by atoms with Crippen molar-refractivity contribution in [2.45, 2.75) is 83.4 Å². The van der Waals surface area contributed by atoms with Gasteiger partial charge in [-0.2, -0.15) is 0 Å². The number of aliphatic hydroxyl groups is 1. The van der Waals surface area contributed by atoms with E-state index in [2.05, 4.69) is 29.0 Å². The third kappa shape index (κ3) is 12.6. The monoisotopic (exact) mass is 680 g/mol. The zero-order chi connectivity index (χ0) is 32.9. The lowest BCUT2D eigenvalue weighted by molar-refractivity contribution is 0.107. The molecule has 1 heterocycles. The van der Waals surface area contributed by atoms with E-state index in [0.29, 0.717) is 29.1 Å². The van der Waals surface area contributed by atoms with Gasteiger partial charge in [-0.15, -0.1) is 0 Å². The van der Waals surface area contributed by atoms with Crippen molar-refractivity contribution in [3.8, 4) is 0 Å². The molecule has 0 spiro atoms. The molecule has 0 fully saturated rings. The number of unbranched alkanes of at least 4 members (excludes halogenated alkanes) is 1. The number of nitrogens with zero attached hydrogens (tertiary/aromatic N) is 3. The summed E-state index contributed by atoms with van der Waals surface area (Å²) in [5.41, 5.74) is 1.34. The number of aromatic nitrogens is 1. The Morgan fingerprint density at radius 2 is 1.68 bits per heavy atom. The molecule has 0 saturated carbocycles. The highest BCUT2D eigenvalue weighted by Crippen LogP contribution is 2.61. The van der Waals surface area contributed by atoms with Gasteiger partial charge in [-0.1, -0.05) is 31.9 Å². The lowest BCUT2D eigenvalue weighted by Gasteiger charge is -2.30. The van der Waals surface area contributed by atoms with Crippen LogP contribution in [-0.4, -0.2) is 91.1 Å². The largest absolute Gasteiger partial charge is 0.449 e. The zero-order valence-corrected chi connectivity index (χ0v) is 28.1. The summed E-state index contributed by atoms with van der Waals surface area (Å²) in [5.74, 6) is 0. The summed E-state index contributed by atoms with van der Waals surface area (Å²) in [6, 6.07) is 6.96. The second-order valence-corrected chi connectivity index (χ2v) is 15.2. The average molecular weight is 681 g/mol. The number of fused-ring (bicyclic) bond motifs is 1. The number of amides is 1. The molecule has 1 aromatic heterocycles. The first-order chi connectivity index (χ1) is 20.7.